The number of nitrogens with zero attached hydrogens (tertiary/aromatic N) is 5. The summed E-state index contributed by atoms with van der Waals surface area (Å²) in [6.45, 7) is 6.02. The molecule has 192 valence electrons. The molecule has 0 fully saturated rings. The van der Waals surface area contributed by atoms with Crippen LogP contribution in [0.15, 0.2) is 47.6 Å². The standard InChI is InChI=1S/C25H27N7O3S2/c1-15-5-6-16(2)20(11-15)32-21(13-26-22(33)12-18-7-9-19(35-4)10-8-18)29-31-25(32)36-14-23(34)27-24-30-28-17(3)37-24/h5-11H,12-14H2,1-4H3,(H,26,33)(H,27,30,34). The summed E-state index contributed by atoms with van der Waals surface area (Å²) in [5.74, 6) is 1.07. The highest BCUT2D eigenvalue weighted by Gasteiger charge is 2.19. The number of rotatable bonds is 10. The number of aryl methyl sites for hydroxylation is 3. The molecule has 0 spiro atoms. The first-order valence-electron chi connectivity index (χ1n) is 11.5. The Labute approximate surface area is 222 Å². The third-order valence-electron chi connectivity index (χ3n) is 5.38. The molecule has 2 aromatic heterocycles. The number of ether oxygens (including phenoxy) is 1. The lowest BCUT2D eigenvalue weighted by atomic mass is 10.1. The van der Waals surface area contributed by atoms with Gasteiger partial charge in [0.1, 0.15) is 10.8 Å². The number of carbonyl (C=O) groups excluding carboxylic acids is 2. The van der Waals surface area contributed by atoms with Gasteiger partial charge in [0.15, 0.2) is 11.0 Å². The number of aromatic nitrogens is 5. The molecule has 2 N–H and O–H groups in total. The Kier molecular flexibility index (Phi) is 8.51. The van der Waals surface area contributed by atoms with E-state index in [1.807, 2.05) is 67.8 Å². The van der Waals surface area contributed by atoms with Crippen LogP contribution in [0.1, 0.15) is 27.5 Å². The van der Waals surface area contributed by atoms with Gasteiger partial charge in [0, 0.05) is 0 Å². The molecule has 2 aromatic carbocycles. The van der Waals surface area contributed by atoms with Gasteiger partial charge in [-0.05, 0) is 55.7 Å². The summed E-state index contributed by atoms with van der Waals surface area (Å²) in [6, 6.07) is 13.5. The van der Waals surface area contributed by atoms with Crippen molar-refractivity contribution in [1.29, 1.82) is 0 Å². The Morgan fingerprint density at radius 3 is 2.49 bits per heavy atom. The van der Waals surface area contributed by atoms with E-state index in [0.717, 1.165) is 33.1 Å². The average molecular weight is 538 g/mol. The molecule has 12 heteroatoms. The molecule has 0 saturated heterocycles. The molecule has 4 rings (SSSR count). The van der Waals surface area contributed by atoms with Crippen LogP contribution in [0.2, 0.25) is 0 Å². The molecule has 2 amide bonds. The van der Waals surface area contributed by atoms with Gasteiger partial charge in [-0.15, -0.1) is 20.4 Å². The number of amides is 2. The number of benzene rings is 2. The van der Waals surface area contributed by atoms with E-state index >= 15 is 0 Å². The predicted octanol–water partition coefficient (Wildman–Crippen LogP) is 3.64. The van der Waals surface area contributed by atoms with E-state index in [9.17, 15) is 9.59 Å². The third-order valence-corrected chi connectivity index (χ3v) is 7.06. The summed E-state index contributed by atoms with van der Waals surface area (Å²) in [7, 11) is 1.60. The van der Waals surface area contributed by atoms with E-state index in [2.05, 4.69) is 31.0 Å². The molecule has 0 atom stereocenters. The molecule has 2 heterocycles. The van der Waals surface area contributed by atoms with Gasteiger partial charge in [-0.1, -0.05) is 47.4 Å². The van der Waals surface area contributed by atoms with Crippen LogP contribution in [-0.2, 0) is 22.6 Å². The maximum atomic E-state index is 12.6. The maximum absolute atomic E-state index is 12.6. The summed E-state index contributed by atoms with van der Waals surface area (Å²) < 4.78 is 7.06. The first-order chi connectivity index (χ1) is 17.8. The normalized spacial score (nSPS) is 10.8. The molecular weight excluding hydrogens is 510 g/mol. The van der Waals surface area contributed by atoms with Gasteiger partial charge in [-0.2, -0.15) is 0 Å². The molecule has 0 unspecified atom stereocenters. The van der Waals surface area contributed by atoms with Crippen LogP contribution in [0.25, 0.3) is 5.69 Å². The number of thioether (sulfide) groups is 1. The Morgan fingerprint density at radius 1 is 1.00 bits per heavy atom. The number of carbonyl (C=O) groups is 2. The zero-order valence-corrected chi connectivity index (χ0v) is 22.6. The van der Waals surface area contributed by atoms with Crippen molar-refractivity contribution in [3.63, 3.8) is 0 Å². The fourth-order valence-corrected chi connectivity index (χ4v) is 4.88. The van der Waals surface area contributed by atoms with E-state index in [-0.39, 0.29) is 30.5 Å². The molecule has 4 aromatic rings. The van der Waals surface area contributed by atoms with Crippen molar-refractivity contribution >= 4 is 40.0 Å². The average Bonchev–Trinajstić information content (AvgIpc) is 3.48. The third kappa shape index (κ3) is 6.92. The highest BCUT2D eigenvalue weighted by atomic mass is 32.2. The van der Waals surface area contributed by atoms with Crippen LogP contribution in [-0.4, -0.2) is 49.6 Å². The second-order valence-electron chi connectivity index (χ2n) is 8.29. The number of nitrogens with one attached hydrogen (secondary N) is 2. The van der Waals surface area contributed by atoms with Gasteiger partial charge >= 0.3 is 0 Å². The first-order valence-corrected chi connectivity index (χ1v) is 13.3. The highest BCUT2D eigenvalue weighted by Crippen LogP contribution is 2.26. The van der Waals surface area contributed by atoms with Crippen LogP contribution in [0, 0.1) is 20.8 Å². The molecule has 10 nitrogen and oxygen atoms in total. The summed E-state index contributed by atoms with van der Waals surface area (Å²) in [6.07, 6.45) is 0.231. The zero-order valence-electron chi connectivity index (χ0n) is 20.9. The van der Waals surface area contributed by atoms with E-state index < -0.39 is 0 Å². The van der Waals surface area contributed by atoms with Gasteiger partial charge in [0.25, 0.3) is 0 Å². The quantitative estimate of drug-likeness (QED) is 0.294. The van der Waals surface area contributed by atoms with Crippen LogP contribution >= 0.6 is 23.1 Å². The maximum Gasteiger partial charge on any atom is 0.236 e. The fraction of sp³-hybridized carbons (Fsp3) is 0.280. The molecule has 0 bridgehead atoms. The summed E-state index contributed by atoms with van der Waals surface area (Å²) in [5.41, 5.74) is 3.87. The van der Waals surface area contributed by atoms with E-state index in [4.69, 9.17) is 4.74 Å². The van der Waals surface area contributed by atoms with E-state index in [1.165, 1.54) is 23.1 Å². The minimum Gasteiger partial charge on any atom is -0.497 e. The molecule has 0 saturated carbocycles. The summed E-state index contributed by atoms with van der Waals surface area (Å²) in [5, 5.41) is 24.0. The smallest absolute Gasteiger partial charge is 0.236 e. The number of hydrogen-bond donors (Lipinski definition) is 2. The zero-order chi connectivity index (χ0) is 26.4. The Bertz CT molecular complexity index is 1400. The van der Waals surface area contributed by atoms with Gasteiger partial charge in [-0.3, -0.25) is 19.5 Å². The van der Waals surface area contributed by atoms with Crippen molar-refractivity contribution in [3.8, 4) is 11.4 Å². The van der Waals surface area contributed by atoms with Crippen molar-refractivity contribution in [3.05, 3.63) is 70.0 Å². The number of methoxy groups -OCH3 is 1. The van der Waals surface area contributed by atoms with E-state index in [0.29, 0.717) is 16.1 Å². The van der Waals surface area contributed by atoms with Crippen LogP contribution in [0.4, 0.5) is 5.13 Å². The first kappa shape index (κ1) is 26.3. The molecule has 0 radical (unpaired) electrons. The lowest BCUT2D eigenvalue weighted by Crippen LogP contribution is -2.26. The molecule has 0 aliphatic carbocycles. The van der Waals surface area contributed by atoms with Crippen LogP contribution < -0.4 is 15.4 Å². The number of hydrogen-bond acceptors (Lipinski definition) is 9. The van der Waals surface area contributed by atoms with Crippen molar-refractivity contribution in [2.75, 3.05) is 18.2 Å². The van der Waals surface area contributed by atoms with Crippen LogP contribution in [0.3, 0.4) is 0 Å². The van der Waals surface area contributed by atoms with Gasteiger partial charge in [0.2, 0.25) is 16.9 Å². The summed E-state index contributed by atoms with van der Waals surface area (Å²) >= 11 is 2.57. The fourth-order valence-electron chi connectivity index (χ4n) is 3.51. The topological polar surface area (TPSA) is 124 Å². The molecule has 0 aliphatic heterocycles. The lowest BCUT2D eigenvalue weighted by Gasteiger charge is -2.14. The second kappa shape index (κ2) is 12.0. The molecule has 37 heavy (non-hydrogen) atoms. The second-order valence-corrected chi connectivity index (χ2v) is 10.4. The number of anilines is 1. The summed E-state index contributed by atoms with van der Waals surface area (Å²) in [4.78, 5) is 25.1. The molecule has 0 aliphatic rings. The van der Waals surface area contributed by atoms with Gasteiger partial charge in [-0.25, -0.2) is 0 Å². The Hall–Kier alpha value is -3.77. The highest BCUT2D eigenvalue weighted by molar-refractivity contribution is 7.99. The van der Waals surface area contributed by atoms with E-state index in [1.54, 1.807) is 7.11 Å². The van der Waals surface area contributed by atoms with Crippen molar-refractivity contribution in [2.45, 2.75) is 38.9 Å². The van der Waals surface area contributed by atoms with Crippen molar-refractivity contribution in [1.82, 2.24) is 30.3 Å². The Morgan fingerprint density at radius 2 is 1.78 bits per heavy atom. The molecular formula is C25H27N7O3S2. The minimum absolute atomic E-state index is 0.117. The van der Waals surface area contributed by atoms with Gasteiger partial charge < -0.3 is 10.1 Å². The van der Waals surface area contributed by atoms with Crippen molar-refractivity contribution < 1.29 is 14.3 Å². The minimum atomic E-state index is -0.217. The Balaban J connectivity index is 1.48. The largest absolute Gasteiger partial charge is 0.497 e. The lowest BCUT2D eigenvalue weighted by molar-refractivity contribution is -0.120. The van der Waals surface area contributed by atoms with Gasteiger partial charge in [0.05, 0.1) is 31.5 Å². The van der Waals surface area contributed by atoms with Crippen LogP contribution in [0.5, 0.6) is 5.75 Å². The monoisotopic (exact) mass is 537 g/mol. The van der Waals surface area contributed by atoms with Crippen molar-refractivity contribution in [2.24, 2.45) is 0 Å². The SMILES string of the molecule is COc1ccc(CC(=O)NCc2nnc(SCC(=O)Nc3nnc(C)s3)n2-c2cc(C)ccc2C)cc1. The predicted molar refractivity (Wildman–Crippen MR) is 143 cm³/mol.